The Morgan fingerprint density at radius 1 is 1.10 bits per heavy atom. The summed E-state index contributed by atoms with van der Waals surface area (Å²) in [6.07, 6.45) is 1.38. The lowest BCUT2D eigenvalue weighted by molar-refractivity contribution is -0.119. The van der Waals surface area contributed by atoms with Crippen molar-refractivity contribution in [3.05, 3.63) is 58.6 Å². The molecule has 3 amide bonds. The standard InChI is InChI=1S/C21H20BrN5O2S/c1-13-8-10-14(11-9-13)19-25-26-20(30-19)24-18(28)17-7-4-12-27(17)21(29)23-16-6-3-2-5-15(16)22/h2-3,5-6,8-11,17H,4,7,12H2,1H3,(H,23,29)(H,24,26,28). The molecule has 0 saturated carbocycles. The number of aromatic nitrogens is 2. The SMILES string of the molecule is Cc1ccc(-c2nnc(NC(=O)C3CCCN3C(=O)Nc3ccccc3Br)s2)cc1. The number of amides is 3. The van der Waals surface area contributed by atoms with Crippen molar-refractivity contribution in [2.75, 3.05) is 17.2 Å². The lowest BCUT2D eigenvalue weighted by Crippen LogP contribution is -2.45. The van der Waals surface area contributed by atoms with E-state index in [-0.39, 0.29) is 11.9 Å². The van der Waals surface area contributed by atoms with Gasteiger partial charge in [-0.05, 0) is 47.8 Å². The number of hydrogen-bond acceptors (Lipinski definition) is 5. The van der Waals surface area contributed by atoms with E-state index in [2.05, 4.69) is 36.8 Å². The lowest BCUT2D eigenvalue weighted by atomic mass is 10.2. The van der Waals surface area contributed by atoms with Crippen molar-refractivity contribution in [2.24, 2.45) is 0 Å². The minimum absolute atomic E-state index is 0.249. The fourth-order valence-corrected chi connectivity index (χ4v) is 4.44. The molecule has 0 bridgehead atoms. The third kappa shape index (κ3) is 4.52. The topological polar surface area (TPSA) is 87.2 Å². The summed E-state index contributed by atoms with van der Waals surface area (Å²) in [5.41, 5.74) is 2.79. The van der Waals surface area contributed by atoms with Crippen LogP contribution >= 0.6 is 27.3 Å². The minimum Gasteiger partial charge on any atom is -0.312 e. The molecule has 2 heterocycles. The number of urea groups is 1. The average Bonchev–Trinajstić information content (AvgIpc) is 3.40. The summed E-state index contributed by atoms with van der Waals surface area (Å²) < 4.78 is 0.788. The molecule has 154 valence electrons. The predicted octanol–water partition coefficient (Wildman–Crippen LogP) is 4.91. The van der Waals surface area contributed by atoms with E-state index >= 15 is 0 Å². The number of aryl methyl sites for hydroxylation is 1. The van der Waals surface area contributed by atoms with E-state index in [4.69, 9.17) is 0 Å². The number of carbonyl (C=O) groups excluding carboxylic acids is 2. The van der Waals surface area contributed by atoms with Crippen molar-refractivity contribution in [3.8, 4) is 10.6 Å². The summed E-state index contributed by atoms with van der Waals surface area (Å²) in [7, 11) is 0. The van der Waals surface area contributed by atoms with Crippen LogP contribution in [0.2, 0.25) is 0 Å². The normalized spacial score (nSPS) is 15.8. The number of hydrogen-bond donors (Lipinski definition) is 2. The molecule has 7 nitrogen and oxygen atoms in total. The van der Waals surface area contributed by atoms with Crippen LogP contribution in [0.3, 0.4) is 0 Å². The Labute approximate surface area is 186 Å². The van der Waals surface area contributed by atoms with E-state index in [9.17, 15) is 9.59 Å². The van der Waals surface area contributed by atoms with Crippen molar-refractivity contribution in [3.63, 3.8) is 0 Å². The first-order valence-corrected chi connectivity index (χ1v) is 11.2. The maximum absolute atomic E-state index is 12.8. The Morgan fingerprint density at radius 3 is 2.63 bits per heavy atom. The first-order chi connectivity index (χ1) is 14.5. The molecule has 2 N–H and O–H groups in total. The first kappa shape index (κ1) is 20.5. The summed E-state index contributed by atoms with van der Waals surface area (Å²) in [6.45, 7) is 2.55. The molecule has 1 saturated heterocycles. The molecule has 1 unspecified atom stereocenters. The monoisotopic (exact) mass is 485 g/mol. The number of likely N-dealkylation sites (tertiary alicyclic amines) is 1. The third-order valence-corrected chi connectivity index (χ3v) is 6.46. The molecule has 3 aromatic rings. The zero-order chi connectivity index (χ0) is 21.1. The molecule has 0 aliphatic carbocycles. The molecule has 1 atom stereocenters. The van der Waals surface area contributed by atoms with Gasteiger partial charge in [-0.2, -0.15) is 0 Å². The Balaban J connectivity index is 1.42. The van der Waals surface area contributed by atoms with Crippen molar-refractivity contribution in [1.29, 1.82) is 0 Å². The molecule has 2 aromatic carbocycles. The summed E-state index contributed by atoms with van der Waals surface area (Å²) in [5.74, 6) is -0.249. The molecule has 0 spiro atoms. The molecule has 0 radical (unpaired) electrons. The summed E-state index contributed by atoms with van der Waals surface area (Å²) >= 11 is 4.73. The highest BCUT2D eigenvalue weighted by Crippen LogP contribution is 2.28. The smallest absolute Gasteiger partial charge is 0.312 e. The Hall–Kier alpha value is -2.78. The van der Waals surface area contributed by atoms with Crippen LogP contribution in [0.1, 0.15) is 18.4 Å². The van der Waals surface area contributed by atoms with Crippen LogP contribution in [-0.4, -0.2) is 39.6 Å². The summed E-state index contributed by atoms with van der Waals surface area (Å²) in [4.78, 5) is 27.1. The number of nitrogens with zero attached hydrogens (tertiary/aromatic N) is 3. The quantitative estimate of drug-likeness (QED) is 0.549. The van der Waals surface area contributed by atoms with Crippen molar-refractivity contribution in [2.45, 2.75) is 25.8 Å². The second-order valence-corrected chi connectivity index (χ2v) is 8.86. The first-order valence-electron chi connectivity index (χ1n) is 9.55. The fourth-order valence-electron chi connectivity index (χ4n) is 3.31. The molecule has 4 rings (SSSR count). The van der Waals surface area contributed by atoms with Gasteiger partial charge >= 0.3 is 6.03 Å². The van der Waals surface area contributed by atoms with Gasteiger partial charge in [0, 0.05) is 16.6 Å². The Kier molecular flexibility index (Phi) is 6.10. The van der Waals surface area contributed by atoms with Crippen molar-refractivity contribution in [1.82, 2.24) is 15.1 Å². The van der Waals surface area contributed by atoms with Gasteiger partial charge in [-0.3, -0.25) is 10.1 Å². The second-order valence-electron chi connectivity index (χ2n) is 7.03. The maximum Gasteiger partial charge on any atom is 0.322 e. The highest BCUT2D eigenvalue weighted by molar-refractivity contribution is 9.10. The summed E-state index contributed by atoms with van der Waals surface area (Å²) in [6, 6.07) is 14.5. The molecule has 30 heavy (non-hydrogen) atoms. The van der Waals surface area contributed by atoms with Gasteiger partial charge in [-0.25, -0.2) is 4.79 Å². The minimum atomic E-state index is -0.542. The predicted molar refractivity (Wildman–Crippen MR) is 122 cm³/mol. The van der Waals surface area contributed by atoms with E-state index in [1.165, 1.54) is 16.9 Å². The lowest BCUT2D eigenvalue weighted by Gasteiger charge is -2.24. The molecule has 1 aromatic heterocycles. The number of anilines is 2. The van der Waals surface area contributed by atoms with Crippen LogP contribution in [0.5, 0.6) is 0 Å². The number of benzene rings is 2. The van der Waals surface area contributed by atoms with Crippen molar-refractivity contribution >= 4 is 50.0 Å². The summed E-state index contributed by atoms with van der Waals surface area (Å²) in [5, 5.41) is 15.1. The van der Waals surface area contributed by atoms with Crippen molar-refractivity contribution < 1.29 is 9.59 Å². The second kappa shape index (κ2) is 8.93. The van der Waals surface area contributed by atoms with Gasteiger partial charge in [0.1, 0.15) is 11.0 Å². The number of rotatable bonds is 4. The molecule has 1 fully saturated rings. The third-order valence-electron chi connectivity index (χ3n) is 4.89. The number of nitrogens with one attached hydrogen (secondary N) is 2. The van der Waals surface area contributed by atoms with E-state index in [1.54, 1.807) is 11.0 Å². The van der Waals surface area contributed by atoms with Crippen LogP contribution in [0.15, 0.2) is 53.0 Å². The molecule has 9 heteroatoms. The number of carbonyl (C=O) groups is 2. The zero-order valence-electron chi connectivity index (χ0n) is 16.3. The zero-order valence-corrected chi connectivity index (χ0v) is 18.7. The molecular formula is C21H20BrN5O2S. The molecule has 1 aliphatic rings. The van der Waals surface area contributed by atoms with Crippen LogP contribution in [0, 0.1) is 6.92 Å². The van der Waals surface area contributed by atoms with Gasteiger partial charge in [0.05, 0.1) is 5.69 Å². The fraction of sp³-hybridized carbons (Fsp3) is 0.238. The van der Waals surface area contributed by atoms with E-state index in [1.807, 2.05) is 49.4 Å². The Morgan fingerprint density at radius 2 is 1.87 bits per heavy atom. The van der Waals surface area contributed by atoms with Gasteiger partial charge in [0.2, 0.25) is 11.0 Å². The van der Waals surface area contributed by atoms with E-state index in [0.29, 0.717) is 23.8 Å². The average molecular weight is 486 g/mol. The highest BCUT2D eigenvalue weighted by atomic mass is 79.9. The van der Waals surface area contributed by atoms with E-state index < -0.39 is 6.04 Å². The van der Waals surface area contributed by atoms with Gasteiger partial charge < -0.3 is 10.2 Å². The van der Waals surface area contributed by atoms with Crippen LogP contribution in [-0.2, 0) is 4.79 Å². The molecule has 1 aliphatic heterocycles. The Bertz CT molecular complexity index is 1070. The largest absolute Gasteiger partial charge is 0.322 e. The van der Waals surface area contributed by atoms with Gasteiger partial charge in [0.15, 0.2) is 0 Å². The number of halogens is 1. The maximum atomic E-state index is 12.8. The van der Waals surface area contributed by atoms with Gasteiger partial charge in [0.25, 0.3) is 0 Å². The number of para-hydroxylation sites is 1. The van der Waals surface area contributed by atoms with Crippen LogP contribution < -0.4 is 10.6 Å². The van der Waals surface area contributed by atoms with E-state index in [0.717, 1.165) is 21.5 Å². The van der Waals surface area contributed by atoms with Gasteiger partial charge in [-0.15, -0.1) is 10.2 Å². The van der Waals surface area contributed by atoms with Crippen LogP contribution in [0.4, 0.5) is 15.6 Å². The highest BCUT2D eigenvalue weighted by Gasteiger charge is 2.34. The van der Waals surface area contributed by atoms with Gasteiger partial charge in [-0.1, -0.05) is 53.3 Å². The van der Waals surface area contributed by atoms with Crippen LogP contribution in [0.25, 0.3) is 10.6 Å². The molecular weight excluding hydrogens is 466 g/mol.